The predicted molar refractivity (Wildman–Crippen MR) is 67.7 cm³/mol. The Morgan fingerprint density at radius 3 is 2.70 bits per heavy atom. The number of hydrogen-bond donors (Lipinski definition) is 1. The Labute approximate surface area is 138 Å². The maximum absolute atomic E-state index is 10.3. The molecule has 0 bridgehead atoms. The van der Waals surface area contributed by atoms with Crippen molar-refractivity contribution < 1.29 is 44.6 Å². The first-order chi connectivity index (χ1) is 9.09. The van der Waals surface area contributed by atoms with Gasteiger partial charge in [-0.25, -0.2) is 0 Å². The van der Waals surface area contributed by atoms with Crippen molar-refractivity contribution in [1.82, 2.24) is 9.78 Å². The largest absolute Gasteiger partial charge is 1.00 e. The Morgan fingerprint density at radius 1 is 1.45 bits per heavy atom. The minimum absolute atomic E-state index is 0. The van der Waals surface area contributed by atoms with E-state index < -0.39 is 5.97 Å². The van der Waals surface area contributed by atoms with Crippen LogP contribution in [-0.4, -0.2) is 27.1 Å². The second-order valence-corrected chi connectivity index (χ2v) is 3.89. The van der Waals surface area contributed by atoms with Gasteiger partial charge in [-0.1, -0.05) is 18.2 Å². The van der Waals surface area contributed by atoms with Gasteiger partial charge in [0.15, 0.2) is 0 Å². The van der Waals surface area contributed by atoms with Gasteiger partial charge in [-0.05, 0) is 19.1 Å². The molecule has 0 saturated carbocycles. The van der Waals surface area contributed by atoms with E-state index in [0.29, 0.717) is 11.4 Å². The summed E-state index contributed by atoms with van der Waals surface area (Å²) in [5.41, 5.74) is 1.46. The van der Waals surface area contributed by atoms with Crippen molar-refractivity contribution >= 4 is 17.9 Å². The maximum atomic E-state index is 10.3. The number of hydrogen-bond acceptors (Lipinski definition) is 5. The number of aryl methyl sites for hydroxylation is 1. The fourth-order valence-corrected chi connectivity index (χ4v) is 1.62. The van der Waals surface area contributed by atoms with E-state index in [1.165, 1.54) is 10.9 Å². The molecule has 2 rings (SSSR count). The average Bonchev–Trinajstić information content (AvgIpc) is 2.67. The van der Waals surface area contributed by atoms with Crippen LogP contribution in [0.25, 0.3) is 5.69 Å². The number of aromatic hydroxyl groups is 1. The number of carbonyl (C=O) groups is 1. The van der Waals surface area contributed by atoms with E-state index in [1.807, 2.05) is 18.2 Å². The summed E-state index contributed by atoms with van der Waals surface area (Å²) in [7, 11) is 0. The van der Waals surface area contributed by atoms with Crippen LogP contribution < -0.4 is 34.7 Å². The van der Waals surface area contributed by atoms with Crippen LogP contribution in [0.1, 0.15) is 12.1 Å². The SMILES string of the molecule is Cc1nn(-c2ccccc2)c(O)c1/N=C/CC(=O)[O-].[Na+]. The van der Waals surface area contributed by atoms with Gasteiger partial charge in [0.25, 0.3) is 0 Å². The van der Waals surface area contributed by atoms with Crippen molar-refractivity contribution in [1.29, 1.82) is 0 Å². The molecule has 0 saturated heterocycles. The average molecular weight is 281 g/mol. The topological polar surface area (TPSA) is 90.5 Å². The smallest absolute Gasteiger partial charge is 0.550 e. The van der Waals surface area contributed by atoms with E-state index >= 15 is 0 Å². The van der Waals surface area contributed by atoms with E-state index in [2.05, 4.69) is 10.1 Å². The quantitative estimate of drug-likeness (QED) is 0.505. The first kappa shape index (κ1) is 16.4. The van der Waals surface area contributed by atoms with Crippen LogP contribution in [0.3, 0.4) is 0 Å². The molecule has 0 radical (unpaired) electrons. The Balaban J connectivity index is 0.00000200. The molecule has 0 aliphatic rings. The molecule has 0 aliphatic heterocycles. The molecule has 2 aromatic rings. The molecular formula is C13H12N3NaO3. The summed E-state index contributed by atoms with van der Waals surface area (Å²) < 4.78 is 1.35. The van der Waals surface area contributed by atoms with E-state index in [9.17, 15) is 15.0 Å². The van der Waals surface area contributed by atoms with Crippen LogP contribution >= 0.6 is 0 Å². The van der Waals surface area contributed by atoms with Gasteiger partial charge in [-0.3, -0.25) is 4.99 Å². The number of rotatable bonds is 4. The molecule has 0 aliphatic carbocycles. The number of nitrogens with zero attached hydrogens (tertiary/aromatic N) is 3. The van der Waals surface area contributed by atoms with Gasteiger partial charge in [0.05, 0.1) is 11.4 Å². The number of aliphatic carboxylic acids is 1. The fourth-order valence-electron chi connectivity index (χ4n) is 1.62. The molecule has 0 atom stereocenters. The summed E-state index contributed by atoms with van der Waals surface area (Å²) in [6.45, 7) is 1.69. The normalized spacial score (nSPS) is 10.4. The summed E-state index contributed by atoms with van der Waals surface area (Å²) >= 11 is 0. The van der Waals surface area contributed by atoms with Crippen molar-refractivity contribution in [3.63, 3.8) is 0 Å². The van der Waals surface area contributed by atoms with Crippen LogP contribution in [-0.2, 0) is 4.79 Å². The van der Waals surface area contributed by atoms with Crippen molar-refractivity contribution in [2.45, 2.75) is 13.3 Å². The second-order valence-electron chi connectivity index (χ2n) is 3.89. The molecule has 98 valence electrons. The zero-order chi connectivity index (χ0) is 13.8. The number of para-hydroxylation sites is 1. The summed E-state index contributed by atoms with van der Waals surface area (Å²) in [6, 6.07) is 9.09. The third-order valence-corrected chi connectivity index (χ3v) is 2.48. The minimum Gasteiger partial charge on any atom is -0.550 e. The van der Waals surface area contributed by atoms with Crippen molar-refractivity contribution in [3.05, 3.63) is 36.0 Å². The molecule has 0 unspecified atom stereocenters. The Morgan fingerprint density at radius 2 is 2.10 bits per heavy atom. The molecule has 0 amide bonds. The maximum Gasteiger partial charge on any atom is 1.00 e. The van der Waals surface area contributed by atoms with Crippen molar-refractivity contribution in [2.24, 2.45) is 4.99 Å². The summed E-state index contributed by atoms with van der Waals surface area (Å²) in [4.78, 5) is 14.2. The molecule has 0 fully saturated rings. The first-order valence-electron chi connectivity index (χ1n) is 5.66. The van der Waals surface area contributed by atoms with Gasteiger partial charge in [-0.2, -0.15) is 9.78 Å². The van der Waals surface area contributed by atoms with E-state index in [4.69, 9.17) is 0 Å². The predicted octanol–water partition coefficient (Wildman–Crippen LogP) is -2.27. The van der Waals surface area contributed by atoms with Crippen molar-refractivity contribution in [2.75, 3.05) is 0 Å². The minimum atomic E-state index is -1.23. The number of benzene rings is 1. The van der Waals surface area contributed by atoms with Crippen LogP contribution in [0.5, 0.6) is 5.88 Å². The number of aliphatic imine (C=N–C) groups is 1. The molecule has 7 heteroatoms. The van der Waals surface area contributed by atoms with Gasteiger partial charge >= 0.3 is 29.6 Å². The van der Waals surface area contributed by atoms with Gasteiger partial charge in [0.2, 0.25) is 5.88 Å². The third kappa shape index (κ3) is 3.69. The second kappa shape index (κ2) is 7.23. The number of carbonyl (C=O) groups excluding carboxylic acids is 1. The first-order valence-corrected chi connectivity index (χ1v) is 5.66. The number of aromatic nitrogens is 2. The Kier molecular flexibility index (Phi) is 5.94. The molecule has 1 N–H and O–H groups in total. The molecular weight excluding hydrogens is 269 g/mol. The van der Waals surface area contributed by atoms with Crippen LogP contribution in [0.4, 0.5) is 5.69 Å². The molecule has 1 aromatic heterocycles. The summed E-state index contributed by atoms with van der Waals surface area (Å²) in [5.74, 6) is -1.35. The Hall–Kier alpha value is -1.63. The molecule has 1 aromatic carbocycles. The van der Waals surface area contributed by atoms with E-state index in [1.54, 1.807) is 19.1 Å². The van der Waals surface area contributed by atoms with Crippen molar-refractivity contribution in [3.8, 4) is 11.6 Å². The van der Waals surface area contributed by atoms with Gasteiger partial charge in [-0.15, -0.1) is 0 Å². The van der Waals surface area contributed by atoms with Crippen LogP contribution in [0, 0.1) is 6.92 Å². The van der Waals surface area contributed by atoms with Gasteiger partial charge in [0, 0.05) is 18.6 Å². The van der Waals surface area contributed by atoms with Crippen LogP contribution in [0.15, 0.2) is 35.3 Å². The fraction of sp³-hybridized carbons (Fsp3) is 0.154. The molecule has 6 nitrogen and oxygen atoms in total. The number of carboxylic acid groups (broad SMARTS) is 1. The molecule has 1 heterocycles. The third-order valence-electron chi connectivity index (χ3n) is 2.48. The monoisotopic (exact) mass is 281 g/mol. The standard InChI is InChI=1S/C13H13N3O3.Na/c1-9-12(14-8-7-11(17)18)13(19)16(15-9)10-5-3-2-4-6-10;/h2-6,8,19H,7H2,1H3,(H,17,18);/q;+1/p-1/b14-8+;. The van der Waals surface area contributed by atoms with Gasteiger partial charge in [0.1, 0.15) is 5.69 Å². The van der Waals surface area contributed by atoms with Gasteiger partial charge < -0.3 is 15.0 Å². The van der Waals surface area contributed by atoms with E-state index in [0.717, 1.165) is 0 Å². The molecule has 20 heavy (non-hydrogen) atoms. The Bertz CT molecular complexity index is 623. The zero-order valence-electron chi connectivity index (χ0n) is 11.3. The van der Waals surface area contributed by atoms with Crippen LogP contribution in [0.2, 0.25) is 0 Å². The summed E-state index contributed by atoms with van der Waals surface area (Å²) in [6.07, 6.45) is 0.865. The number of carboxylic acids is 1. The van der Waals surface area contributed by atoms with E-state index in [-0.39, 0.29) is 47.5 Å². The summed E-state index contributed by atoms with van der Waals surface area (Å²) in [5, 5.41) is 24.5. The molecule has 0 spiro atoms. The zero-order valence-corrected chi connectivity index (χ0v) is 13.3.